The van der Waals surface area contributed by atoms with Crippen LogP contribution >= 0.6 is 9.24 Å². The topological polar surface area (TPSA) is 70.2 Å². The van der Waals surface area contributed by atoms with E-state index < -0.39 is 5.97 Å². The van der Waals surface area contributed by atoms with E-state index in [0.717, 1.165) is 27.9 Å². The van der Waals surface area contributed by atoms with Crippen molar-refractivity contribution in [2.24, 2.45) is 0 Å². The molecule has 4 aromatic rings. The maximum Gasteiger partial charge on any atom is 0.357 e. The van der Waals surface area contributed by atoms with Crippen molar-refractivity contribution >= 4 is 31.5 Å². The standard InChI is InChI=1S/C21H20N3O3P/c1-12-6-7-14(10-17(12)28)19-22-18(21(25)26-3)16-9-13(2)24(20(16)23-19)11-15-5-4-8-27-15/h4-10H,11,28H2,1-3H3. The number of rotatable bonds is 4. The largest absolute Gasteiger partial charge is 0.467 e. The van der Waals surface area contributed by atoms with Crippen molar-refractivity contribution in [1.29, 1.82) is 0 Å². The lowest BCUT2D eigenvalue weighted by Crippen LogP contribution is -2.09. The van der Waals surface area contributed by atoms with E-state index in [-0.39, 0.29) is 5.69 Å². The van der Waals surface area contributed by atoms with E-state index in [0.29, 0.717) is 23.4 Å². The van der Waals surface area contributed by atoms with Gasteiger partial charge in [0.2, 0.25) is 0 Å². The van der Waals surface area contributed by atoms with Crippen LogP contribution < -0.4 is 5.30 Å². The first-order chi connectivity index (χ1) is 13.5. The molecule has 4 rings (SSSR count). The smallest absolute Gasteiger partial charge is 0.357 e. The van der Waals surface area contributed by atoms with Crippen molar-refractivity contribution in [3.8, 4) is 11.4 Å². The van der Waals surface area contributed by atoms with Crippen LogP contribution in [0.15, 0.2) is 47.1 Å². The number of carbonyl (C=O) groups excluding carboxylic acids is 1. The molecular formula is C21H20N3O3P. The Hall–Kier alpha value is -2.98. The molecule has 3 aromatic heterocycles. The maximum atomic E-state index is 12.4. The van der Waals surface area contributed by atoms with Crippen LogP contribution in [0.4, 0.5) is 0 Å². The van der Waals surface area contributed by atoms with E-state index in [4.69, 9.17) is 14.1 Å². The first kappa shape index (κ1) is 18.4. The number of methoxy groups -OCH3 is 1. The highest BCUT2D eigenvalue weighted by molar-refractivity contribution is 7.27. The molecule has 0 bridgehead atoms. The van der Waals surface area contributed by atoms with Crippen LogP contribution in [-0.4, -0.2) is 27.6 Å². The summed E-state index contributed by atoms with van der Waals surface area (Å²) in [6.07, 6.45) is 1.64. The minimum atomic E-state index is -0.484. The van der Waals surface area contributed by atoms with E-state index in [2.05, 4.69) is 14.2 Å². The number of carbonyl (C=O) groups is 1. The summed E-state index contributed by atoms with van der Waals surface area (Å²) < 4.78 is 12.5. The maximum absolute atomic E-state index is 12.4. The molecule has 1 aromatic carbocycles. The average Bonchev–Trinajstić information content (AvgIpc) is 3.31. The Kier molecular flexibility index (Phi) is 4.73. The third kappa shape index (κ3) is 3.20. The van der Waals surface area contributed by atoms with E-state index in [1.54, 1.807) is 6.26 Å². The molecule has 0 amide bonds. The molecule has 0 aliphatic rings. The van der Waals surface area contributed by atoms with Gasteiger partial charge in [-0.15, -0.1) is 9.24 Å². The lowest BCUT2D eigenvalue weighted by molar-refractivity contribution is 0.0596. The number of benzene rings is 1. The number of aromatic nitrogens is 3. The van der Waals surface area contributed by atoms with Crippen molar-refractivity contribution in [3.63, 3.8) is 0 Å². The summed E-state index contributed by atoms with van der Waals surface area (Å²) in [5.41, 5.74) is 3.88. The summed E-state index contributed by atoms with van der Waals surface area (Å²) in [7, 11) is 4.07. The molecule has 0 saturated heterocycles. The highest BCUT2D eigenvalue weighted by atomic mass is 31.0. The van der Waals surface area contributed by atoms with Crippen LogP contribution in [-0.2, 0) is 11.3 Å². The number of esters is 1. The van der Waals surface area contributed by atoms with E-state index in [1.807, 2.05) is 54.8 Å². The van der Waals surface area contributed by atoms with Gasteiger partial charge in [0, 0.05) is 11.3 Å². The number of aryl methyl sites for hydroxylation is 2. The normalized spacial score (nSPS) is 11.1. The molecular weight excluding hydrogens is 373 g/mol. The summed E-state index contributed by atoms with van der Waals surface area (Å²) in [6.45, 7) is 4.52. The fourth-order valence-corrected chi connectivity index (χ4v) is 3.44. The first-order valence-electron chi connectivity index (χ1n) is 8.83. The Balaban J connectivity index is 1.95. The van der Waals surface area contributed by atoms with Gasteiger partial charge < -0.3 is 13.7 Å². The lowest BCUT2D eigenvalue weighted by atomic mass is 10.1. The Morgan fingerprint density at radius 2 is 2.04 bits per heavy atom. The predicted octanol–water partition coefficient (Wildman–Crippen LogP) is 3.64. The molecule has 0 radical (unpaired) electrons. The number of hydrogen-bond donors (Lipinski definition) is 0. The zero-order valence-corrected chi connectivity index (χ0v) is 17.0. The molecule has 3 heterocycles. The third-order valence-corrected chi connectivity index (χ3v) is 5.39. The monoisotopic (exact) mass is 393 g/mol. The quantitative estimate of drug-likeness (QED) is 0.391. The number of ether oxygens (including phenoxy) is 1. The average molecular weight is 393 g/mol. The summed E-state index contributed by atoms with van der Waals surface area (Å²) >= 11 is 0. The van der Waals surface area contributed by atoms with Gasteiger partial charge >= 0.3 is 5.97 Å². The van der Waals surface area contributed by atoms with Gasteiger partial charge in [-0.3, -0.25) is 0 Å². The summed E-state index contributed by atoms with van der Waals surface area (Å²) in [5, 5.41) is 1.72. The van der Waals surface area contributed by atoms with Gasteiger partial charge in [0.15, 0.2) is 11.5 Å². The van der Waals surface area contributed by atoms with Crippen LogP contribution in [0.25, 0.3) is 22.4 Å². The summed E-state index contributed by atoms with van der Waals surface area (Å²) in [5.74, 6) is 0.806. The van der Waals surface area contributed by atoms with Crippen LogP contribution in [0.2, 0.25) is 0 Å². The van der Waals surface area contributed by atoms with Gasteiger partial charge in [0.25, 0.3) is 0 Å². The second-order valence-corrected chi connectivity index (χ2v) is 7.27. The number of hydrogen-bond acceptors (Lipinski definition) is 5. The third-order valence-electron chi connectivity index (χ3n) is 4.77. The van der Waals surface area contributed by atoms with Crippen molar-refractivity contribution in [2.45, 2.75) is 20.4 Å². The number of nitrogens with zero attached hydrogens (tertiary/aromatic N) is 3. The van der Waals surface area contributed by atoms with Gasteiger partial charge in [0.1, 0.15) is 11.4 Å². The van der Waals surface area contributed by atoms with Crippen LogP contribution in [0, 0.1) is 13.8 Å². The van der Waals surface area contributed by atoms with E-state index in [9.17, 15) is 4.79 Å². The molecule has 0 fully saturated rings. The molecule has 1 atom stereocenters. The summed E-state index contributed by atoms with van der Waals surface area (Å²) in [4.78, 5) is 21.7. The minimum Gasteiger partial charge on any atom is -0.467 e. The second-order valence-electron chi connectivity index (χ2n) is 6.65. The van der Waals surface area contributed by atoms with Crippen molar-refractivity contribution in [1.82, 2.24) is 14.5 Å². The molecule has 0 aliphatic heterocycles. The minimum absolute atomic E-state index is 0.259. The molecule has 142 valence electrons. The van der Waals surface area contributed by atoms with E-state index >= 15 is 0 Å². The molecule has 0 spiro atoms. The van der Waals surface area contributed by atoms with Gasteiger partial charge in [-0.05, 0) is 49.0 Å². The Morgan fingerprint density at radius 1 is 1.21 bits per heavy atom. The van der Waals surface area contributed by atoms with Crippen molar-refractivity contribution in [3.05, 3.63) is 65.4 Å². The van der Waals surface area contributed by atoms with Crippen LogP contribution in [0.5, 0.6) is 0 Å². The summed E-state index contributed by atoms with van der Waals surface area (Å²) in [6, 6.07) is 11.6. The fraction of sp³-hybridized carbons (Fsp3) is 0.190. The first-order valence-corrected chi connectivity index (χ1v) is 9.40. The highest BCUT2D eigenvalue weighted by Gasteiger charge is 2.21. The molecule has 28 heavy (non-hydrogen) atoms. The zero-order chi connectivity index (χ0) is 19.8. The zero-order valence-electron chi connectivity index (χ0n) is 15.9. The van der Waals surface area contributed by atoms with Gasteiger partial charge in [-0.2, -0.15) is 0 Å². The van der Waals surface area contributed by atoms with Crippen molar-refractivity contribution < 1.29 is 13.9 Å². The van der Waals surface area contributed by atoms with Crippen LogP contribution in [0.3, 0.4) is 0 Å². The Labute approximate surface area is 164 Å². The molecule has 0 aliphatic carbocycles. The Bertz CT molecular complexity index is 1180. The predicted molar refractivity (Wildman–Crippen MR) is 111 cm³/mol. The number of furan rings is 1. The van der Waals surface area contributed by atoms with Crippen molar-refractivity contribution in [2.75, 3.05) is 7.11 Å². The van der Waals surface area contributed by atoms with Gasteiger partial charge in [0.05, 0.1) is 25.3 Å². The molecule has 6 nitrogen and oxygen atoms in total. The molecule has 7 heteroatoms. The van der Waals surface area contributed by atoms with Gasteiger partial charge in [-0.1, -0.05) is 12.1 Å². The van der Waals surface area contributed by atoms with Gasteiger partial charge in [-0.25, -0.2) is 14.8 Å². The second kappa shape index (κ2) is 7.21. The fourth-order valence-electron chi connectivity index (χ4n) is 3.17. The SMILES string of the molecule is COC(=O)c1nc(-c2ccc(C)c(P)c2)nc2c1cc(C)n2Cc1ccco1. The molecule has 1 unspecified atom stereocenters. The Morgan fingerprint density at radius 3 is 2.71 bits per heavy atom. The molecule has 0 N–H and O–H groups in total. The highest BCUT2D eigenvalue weighted by Crippen LogP contribution is 2.26. The van der Waals surface area contributed by atoms with E-state index in [1.165, 1.54) is 7.11 Å². The van der Waals surface area contributed by atoms with Crippen LogP contribution in [0.1, 0.15) is 27.5 Å². The molecule has 0 saturated carbocycles. The lowest BCUT2D eigenvalue weighted by Gasteiger charge is -2.09. The number of fused-ring (bicyclic) bond motifs is 1.